The fourth-order valence-electron chi connectivity index (χ4n) is 9.68. The molecule has 4 saturated carbocycles. The molecule has 0 bridgehead atoms. The molecule has 0 unspecified atom stereocenters. The van der Waals surface area contributed by atoms with Crippen LogP contribution in [0.3, 0.4) is 0 Å². The summed E-state index contributed by atoms with van der Waals surface area (Å²) in [6, 6.07) is 0. The molecular formula is C28H50O2. The first-order valence-corrected chi connectivity index (χ1v) is 13.4. The third-order valence-corrected chi connectivity index (χ3v) is 11.4. The lowest BCUT2D eigenvalue weighted by atomic mass is 9.41. The summed E-state index contributed by atoms with van der Waals surface area (Å²) >= 11 is 0. The van der Waals surface area contributed by atoms with Crippen LogP contribution in [0.15, 0.2) is 0 Å². The van der Waals surface area contributed by atoms with Gasteiger partial charge >= 0.3 is 0 Å². The van der Waals surface area contributed by atoms with Crippen molar-refractivity contribution in [3.63, 3.8) is 0 Å². The van der Waals surface area contributed by atoms with Crippen LogP contribution < -0.4 is 0 Å². The van der Waals surface area contributed by atoms with Crippen LogP contribution >= 0.6 is 0 Å². The quantitative estimate of drug-likeness (QED) is 0.513. The zero-order chi connectivity index (χ0) is 21.9. The SMILES string of the molecule is CC(C)CCC[C@H](C)[C@H]1CC[C@H]2[C@H]3C[C@@H](C)[C@@]4(O)C[C@@H](O)CC[C@]4(C)[C@H]3CC[C@]12C. The Morgan fingerprint density at radius 3 is 2.37 bits per heavy atom. The molecule has 0 spiro atoms. The minimum atomic E-state index is -0.665. The molecule has 30 heavy (non-hydrogen) atoms. The Morgan fingerprint density at radius 2 is 1.67 bits per heavy atom. The van der Waals surface area contributed by atoms with E-state index in [1.54, 1.807) is 0 Å². The number of hydrogen-bond donors (Lipinski definition) is 2. The van der Waals surface area contributed by atoms with Crippen LogP contribution in [0, 0.1) is 52.3 Å². The highest BCUT2D eigenvalue weighted by molar-refractivity contribution is 5.16. The van der Waals surface area contributed by atoms with Gasteiger partial charge in [0, 0.05) is 6.42 Å². The molecule has 0 aliphatic heterocycles. The molecule has 0 aromatic rings. The summed E-state index contributed by atoms with van der Waals surface area (Å²) in [5, 5.41) is 22.2. The van der Waals surface area contributed by atoms with Crippen LogP contribution in [0.25, 0.3) is 0 Å². The predicted octanol–water partition coefficient (Wildman–Crippen LogP) is 6.83. The Bertz CT molecular complexity index is 616. The largest absolute Gasteiger partial charge is 0.393 e. The molecule has 2 heteroatoms. The summed E-state index contributed by atoms with van der Waals surface area (Å²) < 4.78 is 0. The van der Waals surface area contributed by atoms with Gasteiger partial charge in [0.1, 0.15) is 0 Å². The number of aliphatic hydroxyl groups is 2. The summed E-state index contributed by atoms with van der Waals surface area (Å²) in [5.41, 5.74) is -0.156. The van der Waals surface area contributed by atoms with Gasteiger partial charge in [0.15, 0.2) is 0 Å². The molecule has 174 valence electrons. The van der Waals surface area contributed by atoms with Crippen LogP contribution in [-0.4, -0.2) is 21.9 Å². The van der Waals surface area contributed by atoms with Gasteiger partial charge < -0.3 is 10.2 Å². The first-order valence-electron chi connectivity index (χ1n) is 13.4. The Balaban J connectivity index is 1.53. The molecule has 10 atom stereocenters. The summed E-state index contributed by atoms with van der Waals surface area (Å²) in [6.07, 6.45) is 13.1. The maximum atomic E-state index is 11.9. The lowest BCUT2D eigenvalue weighted by Gasteiger charge is -2.66. The van der Waals surface area contributed by atoms with E-state index >= 15 is 0 Å². The molecule has 4 rings (SSSR count). The maximum absolute atomic E-state index is 11.9. The minimum absolute atomic E-state index is 0.00311. The molecule has 2 N–H and O–H groups in total. The van der Waals surface area contributed by atoms with E-state index < -0.39 is 5.60 Å². The fourth-order valence-corrected chi connectivity index (χ4v) is 9.68. The third kappa shape index (κ3) is 3.42. The lowest BCUT2D eigenvalue weighted by molar-refractivity contribution is -0.244. The molecule has 4 fully saturated rings. The second-order valence-electron chi connectivity index (χ2n) is 13.3. The average molecular weight is 419 g/mol. The molecule has 0 radical (unpaired) electrons. The zero-order valence-electron chi connectivity index (χ0n) is 20.8. The lowest BCUT2D eigenvalue weighted by Crippen LogP contribution is -2.66. The highest BCUT2D eigenvalue weighted by atomic mass is 16.3. The first-order chi connectivity index (χ1) is 14.0. The zero-order valence-corrected chi connectivity index (χ0v) is 20.8. The fraction of sp³-hybridized carbons (Fsp3) is 1.00. The van der Waals surface area contributed by atoms with Gasteiger partial charge in [-0.2, -0.15) is 0 Å². The number of aliphatic hydroxyl groups excluding tert-OH is 1. The Kier molecular flexibility index (Phi) is 6.20. The van der Waals surface area contributed by atoms with Crippen molar-refractivity contribution >= 4 is 0 Å². The van der Waals surface area contributed by atoms with E-state index in [1.807, 2.05) is 0 Å². The standard InChI is InChI=1S/C28H50O2/c1-18(2)8-7-9-19(3)23-10-11-24-22-16-20(4)28(30)17-21(29)12-15-27(28,6)25(22)13-14-26(23,24)5/h18-25,29-30H,7-17H2,1-6H3/t19-,20+,21-,22+,23+,24-,25-,26+,27+,28-/m0/s1. The van der Waals surface area contributed by atoms with Crippen molar-refractivity contribution in [2.75, 3.05) is 0 Å². The summed E-state index contributed by atoms with van der Waals surface area (Å²) in [4.78, 5) is 0. The first kappa shape index (κ1) is 23.1. The van der Waals surface area contributed by atoms with Gasteiger partial charge in [-0.1, -0.05) is 60.8 Å². The molecule has 2 nitrogen and oxygen atoms in total. The molecule has 0 amide bonds. The number of fused-ring (bicyclic) bond motifs is 5. The van der Waals surface area contributed by atoms with Crippen LogP contribution in [0.5, 0.6) is 0 Å². The van der Waals surface area contributed by atoms with Gasteiger partial charge in [0.25, 0.3) is 0 Å². The molecule has 0 aromatic heterocycles. The molecule has 0 heterocycles. The topological polar surface area (TPSA) is 40.5 Å². The van der Waals surface area contributed by atoms with Crippen molar-refractivity contribution in [1.29, 1.82) is 0 Å². The molecule has 4 aliphatic carbocycles. The van der Waals surface area contributed by atoms with Crippen LogP contribution in [0.1, 0.15) is 112 Å². The van der Waals surface area contributed by atoms with Gasteiger partial charge in [-0.15, -0.1) is 0 Å². The van der Waals surface area contributed by atoms with Crippen molar-refractivity contribution in [3.8, 4) is 0 Å². The van der Waals surface area contributed by atoms with Crippen LogP contribution in [0.2, 0.25) is 0 Å². The van der Waals surface area contributed by atoms with Gasteiger partial charge in [0.2, 0.25) is 0 Å². The van der Waals surface area contributed by atoms with E-state index in [0.29, 0.717) is 23.7 Å². The van der Waals surface area contributed by atoms with Crippen molar-refractivity contribution in [3.05, 3.63) is 0 Å². The highest BCUT2D eigenvalue weighted by Gasteiger charge is 2.66. The van der Waals surface area contributed by atoms with Crippen LogP contribution in [-0.2, 0) is 0 Å². The Hall–Kier alpha value is -0.0800. The van der Waals surface area contributed by atoms with E-state index in [9.17, 15) is 10.2 Å². The Labute approximate surface area is 186 Å². The van der Waals surface area contributed by atoms with Crippen molar-refractivity contribution in [2.24, 2.45) is 52.3 Å². The monoisotopic (exact) mass is 418 g/mol. The highest BCUT2D eigenvalue weighted by Crippen LogP contribution is 2.70. The van der Waals surface area contributed by atoms with E-state index in [1.165, 1.54) is 51.4 Å². The molecule has 4 aliphatic rings. The number of rotatable bonds is 5. The van der Waals surface area contributed by atoms with Gasteiger partial charge in [-0.3, -0.25) is 0 Å². The normalized spacial score (nSPS) is 51.9. The maximum Gasteiger partial charge on any atom is 0.0753 e. The summed E-state index contributed by atoms with van der Waals surface area (Å²) in [5.74, 6) is 5.18. The van der Waals surface area contributed by atoms with E-state index in [-0.39, 0.29) is 11.5 Å². The van der Waals surface area contributed by atoms with Crippen LogP contribution in [0.4, 0.5) is 0 Å². The third-order valence-electron chi connectivity index (χ3n) is 11.4. The predicted molar refractivity (Wildman–Crippen MR) is 125 cm³/mol. The van der Waals surface area contributed by atoms with Crippen molar-refractivity contribution < 1.29 is 10.2 Å². The van der Waals surface area contributed by atoms with Gasteiger partial charge in [0.05, 0.1) is 11.7 Å². The van der Waals surface area contributed by atoms with Gasteiger partial charge in [-0.25, -0.2) is 0 Å². The summed E-state index contributed by atoms with van der Waals surface area (Å²) in [6.45, 7) is 14.6. The van der Waals surface area contributed by atoms with Gasteiger partial charge in [-0.05, 0) is 97.2 Å². The summed E-state index contributed by atoms with van der Waals surface area (Å²) in [7, 11) is 0. The second kappa shape index (κ2) is 8.05. The van der Waals surface area contributed by atoms with E-state index in [0.717, 1.165) is 42.4 Å². The van der Waals surface area contributed by atoms with E-state index in [4.69, 9.17) is 0 Å². The molecular weight excluding hydrogens is 368 g/mol. The Morgan fingerprint density at radius 1 is 0.933 bits per heavy atom. The smallest absolute Gasteiger partial charge is 0.0753 e. The second-order valence-corrected chi connectivity index (χ2v) is 13.3. The minimum Gasteiger partial charge on any atom is -0.393 e. The van der Waals surface area contributed by atoms with Crippen molar-refractivity contribution in [1.82, 2.24) is 0 Å². The molecule has 0 aromatic carbocycles. The van der Waals surface area contributed by atoms with Crippen molar-refractivity contribution in [2.45, 2.75) is 124 Å². The molecule has 0 saturated heterocycles. The average Bonchev–Trinajstić information content (AvgIpc) is 3.01. The number of hydrogen-bond acceptors (Lipinski definition) is 2. The van der Waals surface area contributed by atoms with E-state index in [2.05, 4.69) is 41.5 Å².